The van der Waals surface area contributed by atoms with Crippen LogP contribution in [0.4, 0.5) is 0 Å². The summed E-state index contributed by atoms with van der Waals surface area (Å²) < 4.78 is 12.1. The Bertz CT molecular complexity index is 400. The number of ether oxygens (including phenoxy) is 2. The highest BCUT2D eigenvalue weighted by Crippen LogP contribution is 2.33. The lowest BCUT2D eigenvalue weighted by molar-refractivity contribution is 0.294. The summed E-state index contributed by atoms with van der Waals surface area (Å²) in [6, 6.07) is 4.01. The van der Waals surface area contributed by atoms with Crippen LogP contribution in [0, 0.1) is 0 Å². The fourth-order valence-corrected chi connectivity index (χ4v) is 2.27. The lowest BCUT2D eigenvalue weighted by Crippen LogP contribution is -2.19. The third-order valence-corrected chi connectivity index (χ3v) is 3.63. The van der Waals surface area contributed by atoms with E-state index in [-0.39, 0.29) is 0 Å². The molecule has 0 bridgehead atoms. The minimum Gasteiger partial charge on any atom is -0.493 e. The maximum Gasteiger partial charge on any atom is 0.162 e. The van der Waals surface area contributed by atoms with Gasteiger partial charge in [-0.15, -0.1) is 0 Å². The number of benzene rings is 1. The summed E-state index contributed by atoms with van der Waals surface area (Å²) in [6.45, 7) is 5.62. The highest BCUT2D eigenvalue weighted by Gasteiger charge is 2.10. The quantitative estimate of drug-likeness (QED) is 0.640. The summed E-state index contributed by atoms with van der Waals surface area (Å²) in [6.07, 6.45) is 2.10. The molecule has 0 aliphatic heterocycles. The molecule has 0 unspecified atom stereocenters. The minimum absolute atomic E-state index is 0.699. The second-order valence-electron chi connectivity index (χ2n) is 4.58. The number of methoxy groups -OCH3 is 1. The molecule has 0 aliphatic rings. The van der Waals surface area contributed by atoms with Crippen LogP contribution >= 0.6 is 15.9 Å². The Morgan fingerprint density at radius 2 is 2.00 bits per heavy atom. The van der Waals surface area contributed by atoms with Crippen LogP contribution in [0.3, 0.4) is 0 Å². The van der Waals surface area contributed by atoms with Crippen LogP contribution in [0.2, 0.25) is 0 Å². The van der Waals surface area contributed by atoms with E-state index in [0.29, 0.717) is 6.61 Å². The topological polar surface area (TPSA) is 42.5 Å². The van der Waals surface area contributed by atoms with Crippen LogP contribution in [0.15, 0.2) is 16.6 Å². The van der Waals surface area contributed by atoms with Crippen LogP contribution in [0.1, 0.15) is 25.3 Å². The molecule has 20 heavy (non-hydrogen) atoms. The molecular formula is C15H25BrN2O2. The van der Waals surface area contributed by atoms with Gasteiger partial charge in [-0.1, -0.05) is 22.9 Å². The third-order valence-electron chi connectivity index (χ3n) is 2.89. The summed E-state index contributed by atoms with van der Waals surface area (Å²) in [5, 5.41) is 6.56. The average molecular weight is 345 g/mol. The van der Waals surface area contributed by atoms with Gasteiger partial charge in [0, 0.05) is 11.0 Å². The predicted octanol–water partition coefficient (Wildman–Crippen LogP) is 2.95. The first-order chi connectivity index (χ1) is 9.72. The summed E-state index contributed by atoms with van der Waals surface area (Å²) in [7, 11) is 3.64. The van der Waals surface area contributed by atoms with Gasteiger partial charge in [0.1, 0.15) is 0 Å². The first kappa shape index (κ1) is 17.3. The lowest BCUT2D eigenvalue weighted by Gasteiger charge is -2.14. The lowest BCUT2D eigenvalue weighted by atomic mass is 10.2. The van der Waals surface area contributed by atoms with Crippen molar-refractivity contribution in [3.8, 4) is 11.5 Å². The van der Waals surface area contributed by atoms with Gasteiger partial charge in [0.15, 0.2) is 11.5 Å². The normalized spacial score (nSPS) is 10.6. The van der Waals surface area contributed by atoms with Gasteiger partial charge < -0.3 is 20.1 Å². The van der Waals surface area contributed by atoms with Crippen LogP contribution < -0.4 is 20.1 Å². The maximum atomic E-state index is 5.69. The smallest absolute Gasteiger partial charge is 0.162 e. The molecule has 0 amide bonds. The van der Waals surface area contributed by atoms with E-state index < -0.39 is 0 Å². The fourth-order valence-electron chi connectivity index (χ4n) is 1.81. The molecule has 114 valence electrons. The summed E-state index contributed by atoms with van der Waals surface area (Å²) in [4.78, 5) is 0. The van der Waals surface area contributed by atoms with E-state index in [2.05, 4.69) is 33.5 Å². The molecule has 5 heteroatoms. The van der Waals surface area contributed by atoms with E-state index >= 15 is 0 Å². The standard InChI is InChI=1S/C15H25BrN2O2/c1-4-8-20-15-10-13(16)12(9-14(15)19-3)11-18-7-5-6-17-2/h9-10,17-18H,4-8,11H2,1-3H3. The molecule has 0 heterocycles. The third kappa shape index (κ3) is 5.69. The van der Waals surface area contributed by atoms with Crippen LogP contribution in [-0.2, 0) is 6.54 Å². The summed E-state index contributed by atoms with van der Waals surface area (Å²) >= 11 is 3.60. The van der Waals surface area contributed by atoms with Crippen molar-refractivity contribution < 1.29 is 9.47 Å². The van der Waals surface area contributed by atoms with Crippen LogP contribution in [-0.4, -0.2) is 33.9 Å². The second-order valence-corrected chi connectivity index (χ2v) is 5.43. The highest BCUT2D eigenvalue weighted by atomic mass is 79.9. The molecular weight excluding hydrogens is 320 g/mol. The van der Waals surface area contributed by atoms with Gasteiger partial charge in [-0.2, -0.15) is 0 Å². The fraction of sp³-hybridized carbons (Fsp3) is 0.600. The monoisotopic (exact) mass is 344 g/mol. The zero-order chi connectivity index (χ0) is 14.8. The van der Waals surface area contributed by atoms with Gasteiger partial charge in [0.05, 0.1) is 13.7 Å². The number of rotatable bonds is 10. The molecule has 1 rings (SSSR count). The Morgan fingerprint density at radius 3 is 2.65 bits per heavy atom. The number of halogens is 1. The van der Waals surface area contributed by atoms with Crippen molar-refractivity contribution in [1.29, 1.82) is 0 Å². The van der Waals surface area contributed by atoms with Gasteiger partial charge in [-0.05, 0) is 50.7 Å². The van der Waals surface area contributed by atoms with E-state index in [4.69, 9.17) is 9.47 Å². The van der Waals surface area contributed by atoms with E-state index in [9.17, 15) is 0 Å². The average Bonchev–Trinajstić information content (AvgIpc) is 2.46. The van der Waals surface area contributed by atoms with E-state index in [1.165, 1.54) is 5.56 Å². The zero-order valence-corrected chi connectivity index (χ0v) is 14.2. The molecule has 0 aromatic heterocycles. The first-order valence-corrected chi connectivity index (χ1v) is 7.86. The second kappa shape index (κ2) is 10.0. The molecule has 1 aromatic rings. The molecule has 0 spiro atoms. The Labute approximate surface area is 130 Å². The molecule has 2 N–H and O–H groups in total. The summed E-state index contributed by atoms with van der Waals surface area (Å²) in [5.41, 5.74) is 1.18. The van der Waals surface area contributed by atoms with Crippen LogP contribution in [0.5, 0.6) is 11.5 Å². The molecule has 0 fully saturated rings. The Kier molecular flexibility index (Phi) is 8.65. The highest BCUT2D eigenvalue weighted by molar-refractivity contribution is 9.10. The van der Waals surface area contributed by atoms with Gasteiger partial charge in [0.25, 0.3) is 0 Å². The molecule has 0 saturated carbocycles. The number of hydrogen-bond donors (Lipinski definition) is 2. The molecule has 0 saturated heterocycles. The Hall–Kier alpha value is -0.780. The maximum absolute atomic E-state index is 5.69. The zero-order valence-electron chi connectivity index (χ0n) is 12.6. The van der Waals surface area contributed by atoms with Crippen LogP contribution in [0.25, 0.3) is 0 Å². The predicted molar refractivity (Wildman–Crippen MR) is 86.7 cm³/mol. The molecule has 4 nitrogen and oxygen atoms in total. The van der Waals surface area contributed by atoms with Gasteiger partial charge >= 0.3 is 0 Å². The molecule has 0 aliphatic carbocycles. The van der Waals surface area contributed by atoms with Gasteiger partial charge in [-0.3, -0.25) is 0 Å². The minimum atomic E-state index is 0.699. The van der Waals surface area contributed by atoms with Gasteiger partial charge in [-0.25, -0.2) is 0 Å². The number of nitrogens with one attached hydrogen (secondary N) is 2. The first-order valence-electron chi connectivity index (χ1n) is 7.07. The molecule has 0 atom stereocenters. The summed E-state index contributed by atoms with van der Waals surface area (Å²) in [5.74, 6) is 1.58. The van der Waals surface area contributed by atoms with Crippen molar-refractivity contribution in [3.05, 3.63) is 22.2 Å². The molecule has 0 radical (unpaired) electrons. The Morgan fingerprint density at radius 1 is 1.20 bits per heavy atom. The molecule has 1 aromatic carbocycles. The van der Waals surface area contributed by atoms with Gasteiger partial charge in [0.2, 0.25) is 0 Å². The van der Waals surface area contributed by atoms with Crippen molar-refractivity contribution in [3.63, 3.8) is 0 Å². The van der Waals surface area contributed by atoms with E-state index in [0.717, 1.165) is 48.4 Å². The SMILES string of the molecule is CCCOc1cc(Br)c(CNCCCNC)cc1OC. The van der Waals surface area contributed by atoms with Crippen molar-refractivity contribution in [2.45, 2.75) is 26.3 Å². The van der Waals surface area contributed by atoms with Crippen molar-refractivity contribution in [1.82, 2.24) is 10.6 Å². The van der Waals surface area contributed by atoms with Crippen molar-refractivity contribution in [2.24, 2.45) is 0 Å². The van der Waals surface area contributed by atoms with E-state index in [1.54, 1.807) is 7.11 Å². The number of hydrogen-bond acceptors (Lipinski definition) is 4. The largest absolute Gasteiger partial charge is 0.493 e. The Balaban J connectivity index is 2.62. The van der Waals surface area contributed by atoms with Crippen molar-refractivity contribution >= 4 is 15.9 Å². The van der Waals surface area contributed by atoms with Crippen molar-refractivity contribution in [2.75, 3.05) is 33.9 Å². The van der Waals surface area contributed by atoms with E-state index in [1.807, 2.05) is 19.2 Å².